The SMILES string of the molecule is CN(Cc1ccn[nH]1)C(=O)c1cccc2cccnc12. The number of carbonyl (C=O) groups excluding carboxylic acids is 1. The number of hydrogen-bond acceptors (Lipinski definition) is 3. The zero-order chi connectivity index (χ0) is 13.9. The van der Waals surface area contributed by atoms with Gasteiger partial charge in [0.15, 0.2) is 0 Å². The van der Waals surface area contributed by atoms with E-state index in [4.69, 9.17) is 0 Å². The third-order valence-corrected chi connectivity index (χ3v) is 3.18. The molecular formula is C15H14N4O. The van der Waals surface area contributed by atoms with Gasteiger partial charge in [0.05, 0.1) is 23.3 Å². The molecule has 0 aliphatic rings. The molecule has 0 bridgehead atoms. The van der Waals surface area contributed by atoms with E-state index in [1.807, 2.05) is 30.3 Å². The molecule has 0 radical (unpaired) electrons. The Labute approximate surface area is 116 Å². The number of hydrogen-bond donors (Lipinski definition) is 1. The maximum Gasteiger partial charge on any atom is 0.256 e. The van der Waals surface area contributed by atoms with E-state index in [-0.39, 0.29) is 5.91 Å². The number of para-hydroxylation sites is 1. The Hall–Kier alpha value is -2.69. The van der Waals surface area contributed by atoms with Crippen LogP contribution in [0.25, 0.3) is 10.9 Å². The van der Waals surface area contributed by atoms with E-state index in [0.717, 1.165) is 16.6 Å². The third-order valence-electron chi connectivity index (χ3n) is 3.18. The molecular weight excluding hydrogens is 252 g/mol. The number of carbonyl (C=O) groups is 1. The van der Waals surface area contributed by atoms with Crippen molar-refractivity contribution in [2.45, 2.75) is 6.54 Å². The summed E-state index contributed by atoms with van der Waals surface area (Å²) in [6, 6.07) is 11.3. The lowest BCUT2D eigenvalue weighted by Crippen LogP contribution is -2.26. The monoisotopic (exact) mass is 266 g/mol. The molecule has 2 aromatic heterocycles. The van der Waals surface area contributed by atoms with Crippen LogP contribution < -0.4 is 0 Å². The fourth-order valence-electron chi connectivity index (χ4n) is 2.18. The van der Waals surface area contributed by atoms with Gasteiger partial charge in [-0.1, -0.05) is 18.2 Å². The lowest BCUT2D eigenvalue weighted by atomic mass is 10.1. The second-order valence-electron chi connectivity index (χ2n) is 4.62. The first kappa shape index (κ1) is 12.3. The Morgan fingerprint density at radius 1 is 1.20 bits per heavy atom. The smallest absolute Gasteiger partial charge is 0.256 e. The Kier molecular flexibility index (Phi) is 3.16. The zero-order valence-electron chi connectivity index (χ0n) is 11.1. The number of aromatic nitrogens is 3. The molecule has 5 heteroatoms. The molecule has 0 saturated heterocycles. The van der Waals surface area contributed by atoms with Gasteiger partial charge in [-0.25, -0.2) is 0 Å². The van der Waals surface area contributed by atoms with E-state index < -0.39 is 0 Å². The molecule has 3 rings (SSSR count). The van der Waals surface area contributed by atoms with Crippen molar-refractivity contribution >= 4 is 16.8 Å². The molecule has 0 atom stereocenters. The summed E-state index contributed by atoms with van der Waals surface area (Å²) in [7, 11) is 1.77. The van der Waals surface area contributed by atoms with Crippen LogP contribution in [0.3, 0.4) is 0 Å². The number of nitrogens with one attached hydrogen (secondary N) is 1. The van der Waals surface area contributed by atoms with Crippen molar-refractivity contribution < 1.29 is 4.79 Å². The number of nitrogens with zero attached hydrogens (tertiary/aromatic N) is 3. The van der Waals surface area contributed by atoms with Gasteiger partial charge >= 0.3 is 0 Å². The van der Waals surface area contributed by atoms with Crippen molar-refractivity contribution in [2.75, 3.05) is 7.05 Å². The molecule has 0 aliphatic carbocycles. The molecule has 3 aromatic rings. The number of rotatable bonds is 3. The maximum absolute atomic E-state index is 12.5. The number of aromatic amines is 1. The van der Waals surface area contributed by atoms with Gasteiger partial charge in [0.25, 0.3) is 5.91 Å². The Balaban J connectivity index is 1.92. The molecule has 2 heterocycles. The van der Waals surface area contributed by atoms with Crippen molar-refractivity contribution in [3.05, 3.63) is 60.0 Å². The fourth-order valence-corrected chi connectivity index (χ4v) is 2.18. The summed E-state index contributed by atoms with van der Waals surface area (Å²) in [5, 5.41) is 7.70. The van der Waals surface area contributed by atoms with Crippen LogP contribution in [0.1, 0.15) is 16.1 Å². The van der Waals surface area contributed by atoms with E-state index in [1.165, 1.54) is 0 Å². The van der Waals surface area contributed by atoms with Gasteiger partial charge in [0.1, 0.15) is 0 Å². The second kappa shape index (κ2) is 5.13. The number of H-pyrrole nitrogens is 1. The van der Waals surface area contributed by atoms with Crippen LogP contribution in [0.15, 0.2) is 48.8 Å². The van der Waals surface area contributed by atoms with Gasteiger partial charge in [0, 0.05) is 24.8 Å². The first-order chi connectivity index (χ1) is 9.75. The molecule has 0 saturated carbocycles. The Morgan fingerprint density at radius 2 is 2.05 bits per heavy atom. The average molecular weight is 266 g/mol. The number of pyridine rings is 1. The quantitative estimate of drug-likeness (QED) is 0.790. The molecule has 5 nitrogen and oxygen atoms in total. The summed E-state index contributed by atoms with van der Waals surface area (Å²) in [4.78, 5) is 18.5. The van der Waals surface area contributed by atoms with Gasteiger partial charge in [-0.05, 0) is 18.2 Å². The Bertz CT molecular complexity index is 731. The first-order valence-electron chi connectivity index (χ1n) is 6.33. The van der Waals surface area contributed by atoms with Crippen molar-refractivity contribution in [1.29, 1.82) is 0 Å². The highest BCUT2D eigenvalue weighted by Gasteiger charge is 2.15. The molecule has 100 valence electrons. The summed E-state index contributed by atoms with van der Waals surface area (Å²) in [6.45, 7) is 0.488. The van der Waals surface area contributed by atoms with Crippen LogP contribution in [0.2, 0.25) is 0 Å². The lowest BCUT2D eigenvalue weighted by Gasteiger charge is -2.17. The predicted molar refractivity (Wildman–Crippen MR) is 76.1 cm³/mol. The number of benzene rings is 1. The van der Waals surface area contributed by atoms with Gasteiger partial charge in [-0.2, -0.15) is 5.10 Å². The third kappa shape index (κ3) is 2.25. The average Bonchev–Trinajstić information content (AvgIpc) is 2.99. The van der Waals surface area contributed by atoms with Gasteiger partial charge in [-0.3, -0.25) is 14.9 Å². The highest BCUT2D eigenvalue weighted by Crippen LogP contribution is 2.17. The summed E-state index contributed by atoms with van der Waals surface area (Å²) >= 11 is 0. The van der Waals surface area contributed by atoms with Gasteiger partial charge < -0.3 is 4.90 Å². The van der Waals surface area contributed by atoms with E-state index in [9.17, 15) is 4.79 Å². The fraction of sp³-hybridized carbons (Fsp3) is 0.133. The van der Waals surface area contributed by atoms with E-state index in [2.05, 4.69) is 15.2 Å². The van der Waals surface area contributed by atoms with Gasteiger partial charge in [-0.15, -0.1) is 0 Å². The van der Waals surface area contributed by atoms with Crippen molar-refractivity contribution in [2.24, 2.45) is 0 Å². The maximum atomic E-state index is 12.5. The molecule has 0 aliphatic heterocycles. The molecule has 0 fully saturated rings. The standard InChI is InChI=1S/C15H14N4O/c1-19(10-12-7-9-17-18-12)15(20)13-6-2-4-11-5-3-8-16-14(11)13/h2-9H,10H2,1H3,(H,17,18). The topological polar surface area (TPSA) is 61.9 Å². The minimum absolute atomic E-state index is 0.0519. The van der Waals surface area contributed by atoms with Crippen LogP contribution in [-0.4, -0.2) is 33.0 Å². The summed E-state index contributed by atoms with van der Waals surface area (Å²) in [5.41, 5.74) is 2.25. The summed E-state index contributed by atoms with van der Waals surface area (Å²) in [6.07, 6.45) is 3.38. The van der Waals surface area contributed by atoms with Crippen LogP contribution in [0, 0.1) is 0 Å². The molecule has 0 spiro atoms. The van der Waals surface area contributed by atoms with Crippen LogP contribution in [0.5, 0.6) is 0 Å². The number of fused-ring (bicyclic) bond motifs is 1. The van der Waals surface area contributed by atoms with E-state index in [1.54, 1.807) is 30.4 Å². The van der Waals surface area contributed by atoms with E-state index >= 15 is 0 Å². The minimum Gasteiger partial charge on any atom is -0.336 e. The normalized spacial score (nSPS) is 10.7. The van der Waals surface area contributed by atoms with Gasteiger partial charge in [0.2, 0.25) is 0 Å². The summed E-state index contributed by atoms with van der Waals surface area (Å²) in [5.74, 6) is -0.0519. The van der Waals surface area contributed by atoms with E-state index in [0.29, 0.717) is 12.1 Å². The van der Waals surface area contributed by atoms with Crippen molar-refractivity contribution in [1.82, 2.24) is 20.1 Å². The zero-order valence-corrected chi connectivity index (χ0v) is 11.1. The highest BCUT2D eigenvalue weighted by atomic mass is 16.2. The largest absolute Gasteiger partial charge is 0.336 e. The number of amides is 1. The minimum atomic E-state index is -0.0519. The first-order valence-corrected chi connectivity index (χ1v) is 6.33. The summed E-state index contributed by atoms with van der Waals surface area (Å²) < 4.78 is 0. The lowest BCUT2D eigenvalue weighted by molar-refractivity contribution is 0.0785. The predicted octanol–water partition coefficient (Wildman–Crippen LogP) is 2.23. The molecule has 1 amide bonds. The molecule has 1 N–H and O–H groups in total. The van der Waals surface area contributed by atoms with Crippen LogP contribution >= 0.6 is 0 Å². The van der Waals surface area contributed by atoms with Crippen molar-refractivity contribution in [3.63, 3.8) is 0 Å². The van der Waals surface area contributed by atoms with Crippen molar-refractivity contribution in [3.8, 4) is 0 Å². The molecule has 20 heavy (non-hydrogen) atoms. The van der Waals surface area contributed by atoms with Crippen LogP contribution in [-0.2, 0) is 6.54 Å². The molecule has 1 aromatic carbocycles. The second-order valence-corrected chi connectivity index (χ2v) is 4.62. The highest BCUT2D eigenvalue weighted by molar-refractivity contribution is 6.05. The molecule has 0 unspecified atom stereocenters. The Morgan fingerprint density at radius 3 is 2.85 bits per heavy atom. The van der Waals surface area contributed by atoms with Crippen LogP contribution in [0.4, 0.5) is 0 Å².